The summed E-state index contributed by atoms with van der Waals surface area (Å²) in [5.41, 5.74) is 7.95. The van der Waals surface area contributed by atoms with Gasteiger partial charge in [-0.05, 0) is 18.0 Å². The van der Waals surface area contributed by atoms with Crippen LogP contribution in [0.4, 0.5) is 0 Å². The number of azide groups is 1. The van der Waals surface area contributed by atoms with E-state index in [1.54, 1.807) is 6.92 Å². The van der Waals surface area contributed by atoms with Crippen molar-refractivity contribution in [3.05, 3.63) is 46.3 Å². The number of carbonyl (C=O) groups excluding carboxylic acids is 1. The lowest BCUT2D eigenvalue weighted by atomic mass is 9.90. The summed E-state index contributed by atoms with van der Waals surface area (Å²) >= 11 is 0. The molecule has 21 heavy (non-hydrogen) atoms. The van der Waals surface area contributed by atoms with Gasteiger partial charge in [0.2, 0.25) is 0 Å². The van der Waals surface area contributed by atoms with Gasteiger partial charge in [-0.1, -0.05) is 35.4 Å². The van der Waals surface area contributed by atoms with E-state index in [-0.39, 0.29) is 19.8 Å². The Labute approximate surface area is 123 Å². The van der Waals surface area contributed by atoms with Crippen molar-refractivity contribution in [3.8, 4) is 0 Å². The average Bonchev–Trinajstić information content (AvgIpc) is 2.51. The predicted octanol–water partition coefficient (Wildman–Crippen LogP) is 1.99. The number of hydrogen-bond donors (Lipinski definition) is 1. The van der Waals surface area contributed by atoms with Crippen LogP contribution >= 0.6 is 0 Å². The molecular formula is C14H20N4O3. The van der Waals surface area contributed by atoms with Crippen LogP contribution in [0, 0.1) is 0 Å². The maximum atomic E-state index is 12.5. The summed E-state index contributed by atoms with van der Waals surface area (Å²) in [5.74, 6) is -0.418. The Bertz CT molecular complexity index is 488. The van der Waals surface area contributed by atoms with Crippen molar-refractivity contribution < 1.29 is 14.3 Å². The van der Waals surface area contributed by atoms with Gasteiger partial charge in [0.25, 0.3) is 0 Å². The smallest absolute Gasteiger partial charge is 0.333 e. The zero-order chi connectivity index (χ0) is 15.6. The zero-order valence-corrected chi connectivity index (χ0v) is 12.3. The van der Waals surface area contributed by atoms with Crippen LogP contribution in [0.1, 0.15) is 12.5 Å². The lowest BCUT2D eigenvalue weighted by Crippen LogP contribution is -2.54. The Kier molecular flexibility index (Phi) is 7.25. The molecule has 0 radical (unpaired) electrons. The number of carbonyl (C=O) groups is 1. The van der Waals surface area contributed by atoms with Crippen LogP contribution in [0.3, 0.4) is 0 Å². The molecular weight excluding hydrogens is 272 g/mol. The van der Waals surface area contributed by atoms with Gasteiger partial charge in [-0.25, -0.2) is 4.79 Å². The molecule has 0 saturated carbocycles. The third-order valence-electron chi connectivity index (χ3n) is 2.95. The molecule has 0 bridgehead atoms. The summed E-state index contributed by atoms with van der Waals surface area (Å²) in [6.45, 7) is 2.71. The highest BCUT2D eigenvalue weighted by Gasteiger charge is 2.41. The van der Waals surface area contributed by atoms with Crippen molar-refractivity contribution in [2.45, 2.75) is 12.5 Å². The summed E-state index contributed by atoms with van der Waals surface area (Å²) in [6.07, 6.45) is 0. The van der Waals surface area contributed by atoms with E-state index in [0.29, 0.717) is 6.54 Å². The summed E-state index contributed by atoms with van der Waals surface area (Å²) < 4.78 is 10.4. The Morgan fingerprint density at radius 2 is 2.14 bits per heavy atom. The molecule has 0 heterocycles. The first-order chi connectivity index (χ1) is 10.2. The average molecular weight is 292 g/mol. The maximum Gasteiger partial charge on any atom is 0.333 e. The molecule has 114 valence electrons. The molecule has 0 fully saturated rings. The first-order valence-corrected chi connectivity index (χ1v) is 6.68. The molecule has 0 aromatic heterocycles. The normalized spacial score (nSPS) is 13.0. The van der Waals surface area contributed by atoms with Crippen molar-refractivity contribution in [1.29, 1.82) is 0 Å². The van der Waals surface area contributed by atoms with Gasteiger partial charge in [0.05, 0.1) is 13.2 Å². The zero-order valence-electron chi connectivity index (χ0n) is 12.3. The van der Waals surface area contributed by atoms with E-state index < -0.39 is 11.5 Å². The van der Waals surface area contributed by atoms with E-state index in [1.807, 2.05) is 30.3 Å². The highest BCUT2D eigenvalue weighted by molar-refractivity contribution is 5.83. The molecule has 1 rings (SSSR count). The van der Waals surface area contributed by atoms with Crippen molar-refractivity contribution in [2.75, 3.05) is 33.4 Å². The quantitative estimate of drug-likeness (QED) is 0.247. The van der Waals surface area contributed by atoms with Crippen LogP contribution < -0.4 is 5.32 Å². The molecule has 0 spiro atoms. The molecule has 0 aliphatic heterocycles. The first kappa shape index (κ1) is 17.0. The molecule has 0 amide bonds. The second-order valence-corrected chi connectivity index (χ2v) is 4.31. The van der Waals surface area contributed by atoms with Gasteiger partial charge >= 0.3 is 5.97 Å². The number of methoxy groups -OCH3 is 1. The van der Waals surface area contributed by atoms with Gasteiger partial charge in [-0.3, -0.25) is 5.32 Å². The highest BCUT2D eigenvalue weighted by Crippen LogP contribution is 2.23. The van der Waals surface area contributed by atoms with E-state index in [0.717, 1.165) is 5.56 Å². The van der Waals surface area contributed by atoms with E-state index >= 15 is 0 Å². The SMILES string of the molecule is CCOC(=O)C(COC)(NCCN=[N+]=[N-])c1ccccc1. The first-order valence-electron chi connectivity index (χ1n) is 6.68. The standard InChI is InChI=1S/C14H20N4O3/c1-3-21-13(19)14(11-20-2,16-9-10-17-18-15)12-7-5-4-6-8-12/h4-8,16H,3,9-11H2,1-2H3. The Balaban J connectivity index is 3.09. The fourth-order valence-corrected chi connectivity index (χ4v) is 2.04. The molecule has 1 N–H and O–H groups in total. The van der Waals surface area contributed by atoms with Gasteiger partial charge in [0, 0.05) is 25.1 Å². The van der Waals surface area contributed by atoms with Crippen LogP contribution in [0.15, 0.2) is 35.4 Å². The lowest BCUT2D eigenvalue weighted by Gasteiger charge is -2.32. The number of nitrogens with one attached hydrogen (secondary N) is 1. The third-order valence-corrected chi connectivity index (χ3v) is 2.95. The van der Waals surface area contributed by atoms with Crippen LogP contribution in [0.25, 0.3) is 10.4 Å². The minimum absolute atomic E-state index is 0.117. The van der Waals surface area contributed by atoms with Gasteiger partial charge in [-0.15, -0.1) is 0 Å². The van der Waals surface area contributed by atoms with E-state index in [2.05, 4.69) is 15.3 Å². The summed E-state index contributed by atoms with van der Waals surface area (Å²) in [5, 5.41) is 6.56. The Morgan fingerprint density at radius 3 is 2.71 bits per heavy atom. The number of nitrogens with zero attached hydrogens (tertiary/aromatic N) is 3. The number of esters is 1. The molecule has 7 nitrogen and oxygen atoms in total. The maximum absolute atomic E-state index is 12.5. The van der Waals surface area contributed by atoms with Crippen molar-refractivity contribution in [3.63, 3.8) is 0 Å². The van der Waals surface area contributed by atoms with Crippen molar-refractivity contribution in [2.24, 2.45) is 5.11 Å². The fraction of sp³-hybridized carbons (Fsp3) is 0.500. The van der Waals surface area contributed by atoms with Gasteiger partial charge in [0.15, 0.2) is 5.54 Å². The lowest BCUT2D eigenvalue weighted by molar-refractivity contribution is -0.154. The van der Waals surface area contributed by atoms with Crippen LogP contribution in [0.2, 0.25) is 0 Å². The number of rotatable bonds is 9. The third kappa shape index (κ3) is 4.46. The molecule has 1 aromatic rings. The number of hydrogen-bond acceptors (Lipinski definition) is 5. The molecule has 1 atom stereocenters. The second kappa shape index (κ2) is 8.97. The largest absolute Gasteiger partial charge is 0.464 e. The number of ether oxygens (including phenoxy) is 2. The van der Waals surface area contributed by atoms with E-state index in [4.69, 9.17) is 15.0 Å². The minimum Gasteiger partial charge on any atom is -0.464 e. The molecule has 7 heteroatoms. The topological polar surface area (TPSA) is 96.3 Å². The molecule has 1 aromatic carbocycles. The van der Waals surface area contributed by atoms with Gasteiger partial charge in [-0.2, -0.15) is 0 Å². The highest BCUT2D eigenvalue weighted by atomic mass is 16.5. The number of benzene rings is 1. The Morgan fingerprint density at radius 1 is 1.43 bits per heavy atom. The van der Waals surface area contributed by atoms with E-state index in [9.17, 15) is 4.79 Å². The fourth-order valence-electron chi connectivity index (χ4n) is 2.04. The predicted molar refractivity (Wildman–Crippen MR) is 78.6 cm³/mol. The van der Waals surface area contributed by atoms with Crippen LogP contribution in [0.5, 0.6) is 0 Å². The van der Waals surface area contributed by atoms with Crippen LogP contribution in [-0.2, 0) is 19.8 Å². The summed E-state index contributed by atoms with van der Waals surface area (Å²) in [6, 6.07) is 9.21. The summed E-state index contributed by atoms with van der Waals surface area (Å²) in [7, 11) is 1.52. The summed E-state index contributed by atoms with van der Waals surface area (Å²) in [4.78, 5) is 15.1. The van der Waals surface area contributed by atoms with Crippen molar-refractivity contribution >= 4 is 5.97 Å². The van der Waals surface area contributed by atoms with Gasteiger partial charge in [0.1, 0.15) is 0 Å². The Hall–Kier alpha value is -2.08. The monoisotopic (exact) mass is 292 g/mol. The minimum atomic E-state index is -1.11. The molecule has 0 aliphatic carbocycles. The molecule has 0 aliphatic rings. The van der Waals surface area contributed by atoms with Gasteiger partial charge < -0.3 is 9.47 Å². The molecule has 1 unspecified atom stereocenters. The molecule has 0 saturated heterocycles. The van der Waals surface area contributed by atoms with E-state index in [1.165, 1.54) is 7.11 Å². The van der Waals surface area contributed by atoms with Crippen molar-refractivity contribution in [1.82, 2.24) is 5.32 Å². The second-order valence-electron chi connectivity index (χ2n) is 4.31. The van der Waals surface area contributed by atoms with Crippen LogP contribution in [-0.4, -0.2) is 39.4 Å².